The van der Waals surface area contributed by atoms with Gasteiger partial charge in [-0.25, -0.2) is 0 Å². The molecule has 0 bridgehead atoms. The molecule has 0 fully saturated rings. The molecule has 0 atom stereocenters. The van der Waals surface area contributed by atoms with E-state index in [1.54, 1.807) is 0 Å². The molecule has 0 aliphatic heterocycles. The Balaban J connectivity index is 0. The highest BCUT2D eigenvalue weighted by Gasteiger charge is 1.95. The summed E-state index contributed by atoms with van der Waals surface area (Å²) in [6, 6.07) is 0. The highest BCUT2D eigenvalue weighted by atomic mass is 14.0. The van der Waals surface area contributed by atoms with Gasteiger partial charge in [0.2, 0.25) is 0 Å². The molecule has 0 nitrogen and oxygen atoms in total. The molecule has 0 aromatic heterocycles. The first-order chi connectivity index (χ1) is 4.56. The lowest BCUT2D eigenvalue weighted by atomic mass is 10.0. The fourth-order valence-electron chi connectivity index (χ4n) is 0. The van der Waals surface area contributed by atoms with Crippen LogP contribution in [-0.2, 0) is 0 Å². The van der Waals surface area contributed by atoms with Crippen molar-refractivity contribution in [1.82, 2.24) is 0 Å². The van der Waals surface area contributed by atoms with Crippen molar-refractivity contribution in [2.45, 2.75) is 54.4 Å². The molecule has 0 radical (unpaired) electrons. The molecule has 10 heavy (non-hydrogen) atoms. The van der Waals surface area contributed by atoms with E-state index in [1.807, 2.05) is 0 Å². The monoisotopic (exact) mass is 144 g/mol. The molecule has 0 spiro atoms. The summed E-state index contributed by atoms with van der Waals surface area (Å²) in [5.74, 6) is 1.70. The average molecular weight is 144 g/mol. The van der Waals surface area contributed by atoms with Crippen molar-refractivity contribution in [1.29, 1.82) is 0 Å². The van der Waals surface area contributed by atoms with Crippen molar-refractivity contribution >= 4 is 0 Å². The Kier molecular flexibility index (Phi) is 11.4. The van der Waals surface area contributed by atoms with Crippen molar-refractivity contribution < 1.29 is 0 Å². The van der Waals surface area contributed by atoms with E-state index in [4.69, 9.17) is 0 Å². The van der Waals surface area contributed by atoms with Gasteiger partial charge in [0.15, 0.2) is 0 Å². The van der Waals surface area contributed by atoms with Gasteiger partial charge < -0.3 is 0 Å². The molecule has 0 N–H and O–H groups in total. The molecule has 0 aliphatic rings. The van der Waals surface area contributed by atoms with Gasteiger partial charge in [-0.15, -0.1) is 0 Å². The standard InChI is InChI=1S/C6H14.C4H10/c1-5(2)6(3)4;1-3-4-2/h5-6H,1-4H3;3-4H2,1-2H3. The molecule has 0 saturated carbocycles. The summed E-state index contributed by atoms with van der Waals surface area (Å²) in [5.41, 5.74) is 0. The Bertz CT molecular complexity index is 36.0. The Morgan fingerprint density at radius 1 is 0.700 bits per heavy atom. The zero-order valence-corrected chi connectivity index (χ0v) is 8.57. The van der Waals surface area contributed by atoms with E-state index in [9.17, 15) is 0 Å². The summed E-state index contributed by atoms with van der Waals surface area (Å²) in [5, 5.41) is 0. The Morgan fingerprint density at radius 3 is 0.900 bits per heavy atom. The van der Waals surface area contributed by atoms with Crippen LogP contribution in [0.2, 0.25) is 0 Å². The van der Waals surface area contributed by atoms with Crippen molar-refractivity contribution in [3.8, 4) is 0 Å². The van der Waals surface area contributed by atoms with Crippen LogP contribution < -0.4 is 0 Å². The second kappa shape index (κ2) is 9.00. The van der Waals surface area contributed by atoms with Crippen molar-refractivity contribution in [3.63, 3.8) is 0 Å². The fraction of sp³-hybridized carbons (Fsp3) is 1.00. The van der Waals surface area contributed by atoms with Gasteiger partial charge in [0.05, 0.1) is 0 Å². The highest BCUT2D eigenvalue weighted by Crippen LogP contribution is 2.05. The number of hydrogen-bond donors (Lipinski definition) is 0. The summed E-state index contributed by atoms with van der Waals surface area (Å²) < 4.78 is 0. The van der Waals surface area contributed by atoms with Crippen LogP contribution in [0, 0.1) is 11.8 Å². The Morgan fingerprint density at radius 2 is 0.900 bits per heavy atom. The van der Waals surface area contributed by atoms with Crippen molar-refractivity contribution in [2.75, 3.05) is 0 Å². The van der Waals surface area contributed by atoms with E-state index in [1.165, 1.54) is 12.8 Å². The van der Waals surface area contributed by atoms with Gasteiger partial charge in [0.25, 0.3) is 0 Å². The fourth-order valence-corrected chi connectivity index (χ4v) is 0. The van der Waals surface area contributed by atoms with Gasteiger partial charge in [-0.1, -0.05) is 54.4 Å². The molecule has 0 heterocycles. The molecule has 64 valence electrons. The molecule has 0 aromatic rings. The lowest BCUT2D eigenvalue weighted by Gasteiger charge is -2.05. The third kappa shape index (κ3) is 15.7. The molecule has 0 aliphatic carbocycles. The number of hydrogen-bond acceptors (Lipinski definition) is 0. The molecular weight excluding hydrogens is 120 g/mol. The topological polar surface area (TPSA) is 0 Å². The zero-order valence-electron chi connectivity index (χ0n) is 8.57. The van der Waals surface area contributed by atoms with Crippen LogP contribution in [0.25, 0.3) is 0 Å². The summed E-state index contributed by atoms with van der Waals surface area (Å²) in [4.78, 5) is 0. The van der Waals surface area contributed by atoms with Gasteiger partial charge in [-0.2, -0.15) is 0 Å². The smallest absolute Gasteiger partial charge is 0.0448 e. The van der Waals surface area contributed by atoms with E-state index in [-0.39, 0.29) is 0 Å². The molecular formula is C10H24. The van der Waals surface area contributed by atoms with Crippen molar-refractivity contribution in [2.24, 2.45) is 11.8 Å². The summed E-state index contributed by atoms with van der Waals surface area (Å²) in [6.07, 6.45) is 2.64. The summed E-state index contributed by atoms with van der Waals surface area (Å²) in [6.45, 7) is 13.3. The summed E-state index contributed by atoms with van der Waals surface area (Å²) in [7, 11) is 0. The number of unbranched alkanes of at least 4 members (excludes halogenated alkanes) is 1. The lowest BCUT2D eigenvalue weighted by molar-refractivity contribution is 0.457. The maximum absolute atomic E-state index is 2.24. The van der Waals surface area contributed by atoms with E-state index >= 15 is 0 Å². The van der Waals surface area contributed by atoms with Crippen LogP contribution in [0.15, 0.2) is 0 Å². The van der Waals surface area contributed by atoms with Gasteiger partial charge in [0.1, 0.15) is 0 Å². The van der Waals surface area contributed by atoms with E-state index in [2.05, 4.69) is 41.5 Å². The van der Waals surface area contributed by atoms with Crippen LogP contribution in [-0.4, -0.2) is 0 Å². The Hall–Kier alpha value is 0. The van der Waals surface area contributed by atoms with Gasteiger partial charge >= 0.3 is 0 Å². The van der Waals surface area contributed by atoms with Crippen LogP contribution >= 0.6 is 0 Å². The largest absolute Gasteiger partial charge is 0.0654 e. The van der Waals surface area contributed by atoms with Crippen LogP contribution in [0.1, 0.15) is 54.4 Å². The minimum absolute atomic E-state index is 0.852. The van der Waals surface area contributed by atoms with Crippen LogP contribution in [0.3, 0.4) is 0 Å². The van der Waals surface area contributed by atoms with E-state index in [0.717, 1.165) is 11.8 Å². The molecule has 0 heteroatoms. The zero-order chi connectivity index (χ0) is 8.57. The SMILES string of the molecule is CC(C)C(C)C.CCCC. The van der Waals surface area contributed by atoms with Gasteiger partial charge in [0, 0.05) is 0 Å². The first kappa shape index (κ1) is 12.7. The maximum atomic E-state index is 2.24. The third-order valence-electron chi connectivity index (χ3n) is 1.83. The lowest BCUT2D eigenvalue weighted by Crippen LogP contribution is -1.95. The first-order valence-corrected chi connectivity index (χ1v) is 4.56. The normalized spacial score (nSPS) is 9.60. The van der Waals surface area contributed by atoms with Crippen LogP contribution in [0.5, 0.6) is 0 Å². The molecule has 0 saturated heterocycles. The van der Waals surface area contributed by atoms with Gasteiger partial charge in [-0.05, 0) is 11.8 Å². The average Bonchev–Trinajstić information content (AvgIpc) is 1.89. The molecule has 0 aromatic carbocycles. The second-order valence-electron chi connectivity index (χ2n) is 3.49. The quantitative estimate of drug-likeness (QED) is 0.547. The van der Waals surface area contributed by atoms with E-state index < -0.39 is 0 Å². The predicted octanol–water partition coefficient (Wildman–Crippen LogP) is 4.10. The molecule has 0 unspecified atom stereocenters. The highest BCUT2D eigenvalue weighted by molar-refractivity contribution is 4.46. The molecule has 0 rings (SSSR count). The third-order valence-corrected chi connectivity index (χ3v) is 1.83. The molecule has 0 amide bonds. The van der Waals surface area contributed by atoms with E-state index in [0.29, 0.717) is 0 Å². The minimum atomic E-state index is 0.852. The van der Waals surface area contributed by atoms with Crippen LogP contribution in [0.4, 0.5) is 0 Å². The number of rotatable bonds is 2. The maximum Gasteiger partial charge on any atom is -0.0448 e. The summed E-state index contributed by atoms with van der Waals surface area (Å²) >= 11 is 0. The van der Waals surface area contributed by atoms with Gasteiger partial charge in [-0.3, -0.25) is 0 Å². The second-order valence-corrected chi connectivity index (χ2v) is 3.49. The minimum Gasteiger partial charge on any atom is -0.0654 e. The first-order valence-electron chi connectivity index (χ1n) is 4.56. The predicted molar refractivity (Wildman–Crippen MR) is 50.3 cm³/mol. The van der Waals surface area contributed by atoms with Crippen molar-refractivity contribution in [3.05, 3.63) is 0 Å². The Labute approximate surface area is 67.0 Å².